The number of likely N-dealkylation sites (N-methyl/N-ethyl adjacent to an activating group) is 1. The highest BCUT2D eigenvalue weighted by atomic mass is 19.4. The molecule has 3 rings (SSSR count). The Labute approximate surface area is 170 Å². The van der Waals surface area contributed by atoms with Crippen LogP contribution in [0.4, 0.5) is 19.1 Å². The molecule has 158 valence electrons. The van der Waals surface area contributed by atoms with Gasteiger partial charge in [-0.15, -0.1) is 4.80 Å². The fourth-order valence-corrected chi connectivity index (χ4v) is 2.52. The third-order valence-electron chi connectivity index (χ3n) is 4.37. The molecule has 1 amide bonds. The minimum absolute atomic E-state index is 0.0332. The molecule has 0 aromatic carbocycles. The molecule has 0 fully saturated rings. The Kier molecular flexibility index (Phi) is 5.94. The van der Waals surface area contributed by atoms with E-state index in [9.17, 15) is 18.0 Å². The predicted octanol–water partition coefficient (Wildman–Crippen LogP) is 2.35. The summed E-state index contributed by atoms with van der Waals surface area (Å²) in [5, 5.41) is 10.9. The number of hydrogen-bond acceptors (Lipinski definition) is 7. The average Bonchev–Trinajstić information content (AvgIpc) is 3.25. The van der Waals surface area contributed by atoms with Gasteiger partial charge in [0.2, 0.25) is 5.95 Å². The van der Waals surface area contributed by atoms with Crippen molar-refractivity contribution in [2.45, 2.75) is 26.1 Å². The Morgan fingerprint density at radius 1 is 1.20 bits per heavy atom. The normalized spacial score (nSPS) is 12.5. The second kappa shape index (κ2) is 8.43. The number of hydrogen-bond donors (Lipinski definition) is 1. The Morgan fingerprint density at radius 3 is 2.43 bits per heavy atom. The SMILES string of the molecule is Cc1ccc(-n2nccn2)c(C(=O)N(C)[C@@H](C)CNc2ncc(C(F)(F)F)cn2)n1. The number of rotatable bonds is 6. The van der Waals surface area contributed by atoms with E-state index in [0.717, 1.165) is 0 Å². The monoisotopic (exact) mass is 420 g/mol. The van der Waals surface area contributed by atoms with Crippen molar-refractivity contribution in [3.63, 3.8) is 0 Å². The number of carbonyl (C=O) groups excluding carboxylic acids is 1. The van der Waals surface area contributed by atoms with Gasteiger partial charge >= 0.3 is 6.18 Å². The minimum Gasteiger partial charge on any atom is -0.352 e. The van der Waals surface area contributed by atoms with E-state index >= 15 is 0 Å². The van der Waals surface area contributed by atoms with Crippen LogP contribution in [0.5, 0.6) is 0 Å². The van der Waals surface area contributed by atoms with Crippen molar-refractivity contribution in [1.82, 2.24) is 34.8 Å². The third-order valence-corrected chi connectivity index (χ3v) is 4.37. The molecule has 0 spiro atoms. The summed E-state index contributed by atoms with van der Waals surface area (Å²) in [5.41, 5.74) is 0.352. The molecule has 30 heavy (non-hydrogen) atoms. The number of amides is 1. The van der Waals surface area contributed by atoms with Gasteiger partial charge in [-0.2, -0.15) is 23.4 Å². The van der Waals surface area contributed by atoms with Crippen molar-refractivity contribution in [3.05, 3.63) is 53.9 Å². The van der Waals surface area contributed by atoms with Gasteiger partial charge in [-0.1, -0.05) is 0 Å². The molecule has 3 aromatic rings. The number of halogens is 3. The topological polar surface area (TPSA) is 102 Å². The number of anilines is 1. The van der Waals surface area contributed by atoms with Crippen molar-refractivity contribution < 1.29 is 18.0 Å². The summed E-state index contributed by atoms with van der Waals surface area (Å²) < 4.78 is 37.8. The molecule has 3 heterocycles. The summed E-state index contributed by atoms with van der Waals surface area (Å²) in [5.74, 6) is -0.320. The van der Waals surface area contributed by atoms with Gasteiger partial charge in [0.25, 0.3) is 5.91 Å². The summed E-state index contributed by atoms with van der Waals surface area (Å²) in [6, 6.07) is 3.12. The quantitative estimate of drug-likeness (QED) is 0.653. The Hall–Kier alpha value is -3.57. The summed E-state index contributed by atoms with van der Waals surface area (Å²) >= 11 is 0. The fraction of sp³-hybridized carbons (Fsp3) is 0.333. The molecule has 0 saturated heterocycles. The van der Waals surface area contributed by atoms with E-state index in [4.69, 9.17) is 0 Å². The van der Waals surface area contributed by atoms with Gasteiger partial charge in [0.05, 0.1) is 18.0 Å². The van der Waals surface area contributed by atoms with Crippen molar-refractivity contribution in [2.24, 2.45) is 0 Å². The Balaban J connectivity index is 1.70. The lowest BCUT2D eigenvalue weighted by Gasteiger charge is -2.25. The van der Waals surface area contributed by atoms with Crippen LogP contribution in [0.25, 0.3) is 5.69 Å². The maximum absolute atomic E-state index is 13.0. The highest BCUT2D eigenvalue weighted by molar-refractivity contribution is 5.95. The van der Waals surface area contributed by atoms with Gasteiger partial charge in [0.15, 0.2) is 5.69 Å². The first-order valence-electron chi connectivity index (χ1n) is 8.91. The predicted molar refractivity (Wildman–Crippen MR) is 101 cm³/mol. The first-order chi connectivity index (χ1) is 14.2. The molecule has 0 saturated carbocycles. The van der Waals surface area contributed by atoms with E-state index in [2.05, 4.69) is 30.5 Å². The molecule has 0 aliphatic carbocycles. The van der Waals surface area contributed by atoms with E-state index in [0.29, 0.717) is 23.8 Å². The smallest absolute Gasteiger partial charge is 0.352 e. The molecule has 0 radical (unpaired) electrons. The molecule has 0 bridgehead atoms. The molecule has 1 atom stereocenters. The van der Waals surface area contributed by atoms with Gasteiger partial charge in [0, 0.05) is 37.7 Å². The van der Waals surface area contributed by atoms with E-state index < -0.39 is 11.7 Å². The number of nitrogens with zero attached hydrogens (tertiary/aromatic N) is 7. The third kappa shape index (κ3) is 4.70. The van der Waals surface area contributed by atoms with Crippen LogP contribution in [-0.4, -0.2) is 60.4 Å². The highest BCUT2D eigenvalue weighted by Crippen LogP contribution is 2.28. The van der Waals surface area contributed by atoms with E-state index in [-0.39, 0.29) is 30.1 Å². The van der Waals surface area contributed by atoms with Crippen LogP contribution in [-0.2, 0) is 6.18 Å². The molecule has 12 heteroatoms. The molecule has 9 nitrogen and oxygen atoms in total. The average molecular weight is 420 g/mol. The number of alkyl halides is 3. The lowest BCUT2D eigenvalue weighted by atomic mass is 10.2. The number of carbonyl (C=O) groups is 1. The second-order valence-electron chi connectivity index (χ2n) is 6.58. The van der Waals surface area contributed by atoms with Crippen LogP contribution in [0.1, 0.15) is 28.7 Å². The lowest BCUT2D eigenvalue weighted by molar-refractivity contribution is -0.138. The van der Waals surface area contributed by atoms with Crippen LogP contribution in [0.2, 0.25) is 0 Å². The number of nitrogens with one attached hydrogen (secondary N) is 1. The number of aryl methyl sites for hydroxylation is 1. The van der Waals surface area contributed by atoms with Crippen molar-refractivity contribution in [3.8, 4) is 5.69 Å². The zero-order chi connectivity index (χ0) is 21.9. The van der Waals surface area contributed by atoms with Crippen LogP contribution in [0, 0.1) is 6.92 Å². The largest absolute Gasteiger partial charge is 0.419 e. The van der Waals surface area contributed by atoms with Crippen molar-refractivity contribution >= 4 is 11.9 Å². The van der Waals surface area contributed by atoms with E-state index in [1.54, 1.807) is 33.0 Å². The first-order valence-corrected chi connectivity index (χ1v) is 8.91. The number of aromatic nitrogens is 6. The summed E-state index contributed by atoms with van der Waals surface area (Å²) in [6.45, 7) is 3.76. The first kappa shape index (κ1) is 21.1. The zero-order valence-corrected chi connectivity index (χ0v) is 16.4. The van der Waals surface area contributed by atoms with Crippen LogP contribution < -0.4 is 5.32 Å². The molecule has 1 N–H and O–H groups in total. The molecule has 0 aliphatic rings. The lowest BCUT2D eigenvalue weighted by Crippen LogP contribution is -2.40. The Bertz CT molecular complexity index is 1010. The van der Waals surface area contributed by atoms with Gasteiger partial charge in [-0.25, -0.2) is 15.0 Å². The summed E-state index contributed by atoms with van der Waals surface area (Å²) in [7, 11) is 1.60. The van der Waals surface area contributed by atoms with Crippen molar-refractivity contribution in [2.75, 3.05) is 18.9 Å². The molecule has 0 unspecified atom stereocenters. The van der Waals surface area contributed by atoms with Crippen LogP contribution >= 0.6 is 0 Å². The van der Waals surface area contributed by atoms with E-state index in [1.807, 2.05) is 0 Å². The summed E-state index contributed by atoms with van der Waals surface area (Å²) in [6.07, 6.45) is -0.104. The number of pyridine rings is 1. The molecular formula is C18H19F3N8O. The maximum Gasteiger partial charge on any atom is 0.419 e. The van der Waals surface area contributed by atoms with Crippen LogP contribution in [0.15, 0.2) is 36.9 Å². The zero-order valence-electron chi connectivity index (χ0n) is 16.4. The summed E-state index contributed by atoms with van der Waals surface area (Å²) in [4.78, 5) is 27.5. The molecule has 0 aliphatic heterocycles. The molecular weight excluding hydrogens is 401 g/mol. The minimum atomic E-state index is -4.50. The van der Waals surface area contributed by atoms with Crippen molar-refractivity contribution in [1.29, 1.82) is 0 Å². The second-order valence-corrected chi connectivity index (χ2v) is 6.58. The van der Waals surface area contributed by atoms with Gasteiger partial charge in [0.1, 0.15) is 5.69 Å². The van der Waals surface area contributed by atoms with Gasteiger partial charge in [-0.3, -0.25) is 4.79 Å². The standard InChI is InChI=1S/C18H19F3N8O/c1-11-4-5-14(29-25-6-7-26-29)15(27-11)16(30)28(3)12(2)8-22-17-23-9-13(10-24-17)18(19,20)21/h4-7,9-10,12H,8H2,1-3H3,(H,22,23,24)/t12-/m0/s1. The van der Waals surface area contributed by atoms with Gasteiger partial charge < -0.3 is 10.2 Å². The fourth-order valence-electron chi connectivity index (χ4n) is 2.52. The maximum atomic E-state index is 13.0. The Morgan fingerprint density at radius 2 is 1.83 bits per heavy atom. The van der Waals surface area contributed by atoms with Crippen LogP contribution in [0.3, 0.4) is 0 Å². The van der Waals surface area contributed by atoms with E-state index in [1.165, 1.54) is 22.1 Å². The molecule has 3 aromatic heterocycles. The van der Waals surface area contributed by atoms with Gasteiger partial charge in [-0.05, 0) is 26.0 Å². The highest BCUT2D eigenvalue weighted by Gasteiger charge is 2.31.